The van der Waals surface area contributed by atoms with Crippen molar-refractivity contribution in [2.24, 2.45) is 5.10 Å². The van der Waals surface area contributed by atoms with E-state index in [-0.39, 0.29) is 12.3 Å². The summed E-state index contributed by atoms with van der Waals surface area (Å²) in [7, 11) is 4.40. The standard InChI is InChI=1S/C26H24BrN3O7/c1-34-20-11-7-18(13-23(20)36-3)25(32)28-15-24(31)30-29-14-16-4-10-21(22(12-16)35-2)37-26(33)17-5-8-19(27)9-6-17/h4-14H,15H2,1-3H3,(H,28,32)(H,30,31)/b29-14+. The van der Waals surface area contributed by atoms with Crippen molar-refractivity contribution in [1.82, 2.24) is 10.7 Å². The first-order valence-corrected chi connectivity index (χ1v) is 11.6. The van der Waals surface area contributed by atoms with Gasteiger partial charge in [0, 0.05) is 10.0 Å². The lowest BCUT2D eigenvalue weighted by Crippen LogP contribution is -2.34. The Morgan fingerprint density at radius 2 is 1.43 bits per heavy atom. The number of nitrogens with one attached hydrogen (secondary N) is 2. The average molecular weight is 570 g/mol. The Morgan fingerprint density at radius 1 is 0.811 bits per heavy atom. The van der Waals surface area contributed by atoms with Gasteiger partial charge < -0.3 is 24.3 Å². The molecular weight excluding hydrogens is 546 g/mol. The molecule has 192 valence electrons. The number of hydrogen-bond donors (Lipinski definition) is 2. The summed E-state index contributed by atoms with van der Waals surface area (Å²) in [6, 6.07) is 16.2. The van der Waals surface area contributed by atoms with Crippen LogP contribution in [0.4, 0.5) is 0 Å². The Labute approximate surface area is 221 Å². The summed E-state index contributed by atoms with van der Waals surface area (Å²) in [6.07, 6.45) is 1.39. The number of carbonyl (C=O) groups is 3. The number of benzene rings is 3. The lowest BCUT2D eigenvalue weighted by molar-refractivity contribution is -0.120. The van der Waals surface area contributed by atoms with Crippen LogP contribution in [0.3, 0.4) is 0 Å². The summed E-state index contributed by atoms with van der Waals surface area (Å²) in [6.45, 7) is -0.293. The van der Waals surface area contributed by atoms with Gasteiger partial charge in [-0.05, 0) is 66.2 Å². The third kappa shape index (κ3) is 7.55. The van der Waals surface area contributed by atoms with Gasteiger partial charge in [0.25, 0.3) is 11.8 Å². The van der Waals surface area contributed by atoms with E-state index in [4.69, 9.17) is 18.9 Å². The van der Waals surface area contributed by atoms with Gasteiger partial charge in [-0.1, -0.05) is 15.9 Å². The smallest absolute Gasteiger partial charge is 0.343 e. The minimum Gasteiger partial charge on any atom is -0.493 e. The lowest BCUT2D eigenvalue weighted by Gasteiger charge is -2.10. The molecule has 0 atom stereocenters. The molecule has 0 unspecified atom stereocenters. The zero-order chi connectivity index (χ0) is 26.8. The number of hydrogen-bond acceptors (Lipinski definition) is 8. The Kier molecular flexibility index (Phi) is 9.61. The number of hydrazone groups is 1. The maximum Gasteiger partial charge on any atom is 0.343 e. The van der Waals surface area contributed by atoms with E-state index in [0.717, 1.165) is 4.47 Å². The predicted octanol–water partition coefficient (Wildman–Crippen LogP) is 3.57. The minimum atomic E-state index is -0.533. The molecule has 0 aliphatic heterocycles. The predicted molar refractivity (Wildman–Crippen MR) is 140 cm³/mol. The number of halogens is 1. The molecular formula is C26H24BrN3O7. The summed E-state index contributed by atoms with van der Waals surface area (Å²) < 4.78 is 21.9. The van der Waals surface area contributed by atoms with Gasteiger partial charge in [-0.3, -0.25) is 9.59 Å². The van der Waals surface area contributed by atoms with E-state index in [9.17, 15) is 14.4 Å². The second-order valence-electron chi connectivity index (χ2n) is 7.35. The SMILES string of the molecule is COc1ccc(C(=O)NCC(=O)N/N=C/c2ccc(OC(=O)c3ccc(Br)cc3)c(OC)c2)cc1OC. The minimum absolute atomic E-state index is 0.231. The van der Waals surface area contributed by atoms with Gasteiger partial charge in [-0.25, -0.2) is 10.2 Å². The van der Waals surface area contributed by atoms with Gasteiger partial charge in [-0.15, -0.1) is 0 Å². The van der Waals surface area contributed by atoms with Crippen LogP contribution < -0.4 is 29.7 Å². The molecule has 0 aromatic heterocycles. The molecule has 0 spiro atoms. The Morgan fingerprint density at radius 3 is 2.11 bits per heavy atom. The van der Waals surface area contributed by atoms with Crippen LogP contribution in [0.15, 0.2) is 70.2 Å². The first-order chi connectivity index (χ1) is 17.8. The Balaban J connectivity index is 1.54. The highest BCUT2D eigenvalue weighted by atomic mass is 79.9. The highest BCUT2D eigenvalue weighted by molar-refractivity contribution is 9.10. The summed E-state index contributed by atoms with van der Waals surface area (Å²) in [4.78, 5) is 36.8. The highest BCUT2D eigenvalue weighted by Crippen LogP contribution is 2.29. The number of carbonyl (C=O) groups excluding carboxylic acids is 3. The normalized spacial score (nSPS) is 10.5. The zero-order valence-corrected chi connectivity index (χ0v) is 21.8. The fourth-order valence-electron chi connectivity index (χ4n) is 3.05. The topological polar surface area (TPSA) is 125 Å². The van der Waals surface area contributed by atoms with Crippen molar-refractivity contribution in [1.29, 1.82) is 0 Å². The zero-order valence-electron chi connectivity index (χ0n) is 20.2. The molecule has 0 radical (unpaired) electrons. The molecule has 0 aliphatic carbocycles. The fraction of sp³-hybridized carbons (Fsp3) is 0.154. The molecule has 0 bridgehead atoms. The van der Waals surface area contributed by atoms with Gasteiger partial charge in [0.1, 0.15) is 0 Å². The molecule has 3 rings (SSSR count). The maximum absolute atomic E-state index is 12.4. The monoisotopic (exact) mass is 569 g/mol. The largest absolute Gasteiger partial charge is 0.493 e. The quantitative estimate of drug-likeness (QED) is 0.165. The summed E-state index contributed by atoms with van der Waals surface area (Å²) in [5, 5.41) is 6.39. The molecule has 0 saturated heterocycles. The number of esters is 1. The number of amides is 2. The summed E-state index contributed by atoms with van der Waals surface area (Å²) in [5.74, 6) is -0.102. The van der Waals surface area contributed by atoms with E-state index >= 15 is 0 Å². The maximum atomic E-state index is 12.4. The molecule has 0 fully saturated rings. The highest BCUT2D eigenvalue weighted by Gasteiger charge is 2.14. The molecule has 0 saturated carbocycles. The van der Waals surface area contributed by atoms with Crippen molar-refractivity contribution in [3.05, 3.63) is 81.8 Å². The van der Waals surface area contributed by atoms with Gasteiger partial charge in [0.05, 0.1) is 39.7 Å². The van der Waals surface area contributed by atoms with Crippen molar-refractivity contribution in [3.8, 4) is 23.0 Å². The van der Waals surface area contributed by atoms with E-state index in [1.165, 1.54) is 33.6 Å². The second-order valence-corrected chi connectivity index (χ2v) is 8.27. The van der Waals surface area contributed by atoms with Crippen molar-refractivity contribution >= 4 is 39.9 Å². The van der Waals surface area contributed by atoms with Crippen LogP contribution >= 0.6 is 15.9 Å². The van der Waals surface area contributed by atoms with E-state index in [2.05, 4.69) is 31.8 Å². The number of ether oxygens (including phenoxy) is 4. The fourth-order valence-corrected chi connectivity index (χ4v) is 3.32. The molecule has 3 aromatic carbocycles. The van der Waals surface area contributed by atoms with Crippen LogP contribution in [-0.4, -0.2) is 51.9 Å². The molecule has 37 heavy (non-hydrogen) atoms. The third-order valence-electron chi connectivity index (χ3n) is 4.93. The molecule has 0 heterocycles. The lowest BCUT2D eigenvalue weighted by atomic mass is 10.2. The van der Waals surface area contributed by atoms with E-state index in [1.807, 2.05) is 0 Å². The van der Waals surface area contributed by atoms with Crippen LogP contribution in [0.5, 0.6) is 23.0 Å². The molecule has 11 heteroatoms. The van der Waals surface area contributed by atoms with Crippen molar-refractivity contribution in [2.45, 2.75) is 0 Å². The van der Waals surface area contributed by atoms with Gasteiger partial charge in [0.15, 0.2) is 23.0 Å². The van der Waals surface area contributed by atoms with Crippen molar-refractivity contribution in [3.63, 3.8) is 0 Å². The number of rotatable bonds is 10. The van der Waals surface area contributed by atoms with Crippen LogP contribution in [0.25, 0.3) is 0 Å². The van der Waals surface area contributed by atoms with Gasteiger partial charge in [-0.2, -0.15) is 5.10 Å². The van der Waals surface area contributed by atoms with Crippen molar-refractivity contribution in [2.75, 3.05) is 27.9 Å². The van der Waals surface area contributed by atoms with Crippen LogP contribution in [0, 0.1) is 0 Å². The van der Waals surface area contributed by atoms with E-state index in [0.29, 0.717) is 33.9 Å². The van der Waals surface area contributed by atoms with E-state index < -0.39 is 17.8 Å². The number of nitrogens with zero attached hydrogens (tertiary/aromatic N) is 1. The van der Waals surface area contributed by atoms with E-state index in [1.54, 1.807) is 54.6 Å². The van der Waals surface area contributed by atoms with Crippen LogP contribution in [0.1, 0.15) is 26.3 Å². The van der Waals surface area contributed by atoms with Crippen molar-refractivity contribution < 1.29 is 33.3 Å². The average Bonchev–Trinajstić information content (AvgIpc) is 2.92. The summed E-state index contributed by atoms with van der Waals surface area (Å²) in [5.41, 5.74) is 3.60. The summed E-state index contributed by atoms with van der Waals surface area (Å²) >= 11 is 3.32. The first kappa shape index (κ1) is 27.2. The molecule has 3 aromatic rings. The first-order valence-electron chi connectivity index (χ1n) is 10.8. The molecule has 0 aliphatic rings. The second kappa shape index (κ2) is 13.1. The van der Waals surface area contributed by atoms with Crippen LogP contribution in [-0.2, 0) is 4.79 Å². The molecule has 2 amide bonds. The Hall–Kier alpha value is -4.38. The Bertz CT molecular complexity index is 1310. The van der Waals surface area contributed by atoms with Gasteiger partial charge >= 0.3 is 5.97 Å². The molecule has 10 nitrogen and oxygen atoms in total. The molecule has 2 N–H and O–H groups in total. The van der Waals surface area contributed by atoms with Gasteiger partial charge in [0.2, 0.25) is 0 Å². The third-order valence-corrected chi connectivity index (χ3v) is 5.46. The number of methoxy groups -OCH3 is 3. The van der Waals surface area contributed by atoms with Crippen LogP contribution in [0.2, 0.25) is 0 Å².